The number of tetrazole rings is 1. The largest absolute Gasteiger partial charge is 0.367 e. The molecule has 21 heavy (non-hydrogen) atoms. The van der Waals surface area contributed by atoms with Crippen LogP contribution < -0.4 is 10.7 Å². The maximum Gasteiger partial charge on any atom is 0.261 e. The lowest BCUT2D eigenvalue weighted by Crippen LogP contribution is -2.20. The zero-order valence-corrected chi connectivity index (χ0v) is 10.7. The predicted molar refractivity (Wildman–Crippen MR) is 74.6 cm³/mol. The van der Waals surface area contributed by atoms with Crippen LogP contribution in [0.25, 0.3) is 11.4 Å². The number of pyridine rings is 1. The van der Waals surface area contributed by atoms with Gasteiger partial charge in [0.2, 0.25) is 5.82 Å². The number of H-pyrrole nitrogens is 2. The van der Waals surface area contributed by atoms with Crippen LogP contribution in [0.1, 0.15) is 10.4 Å². The third-order valence-corrected chi connectivity index (χ3v) is 2.79. The molecule has 8 nitrogen and oxygen atoms in total. The highest BCUT2D eigenvalue weighted by Crippen LogP contribution is 2.18. The third kappa shape index (κ3) is 2.68. The van der Waals surface area contributed by atoms with E-state index >= 15 is 0 Å². The second-order valence-corrected chi connectivity index (χ2v) is 4.19. The molecule has 0 saturated carbocycles. The van der Waals surface area contributed by atoms with Crippen molar-refractivity contribution in [2.24, 2.45) is 0 Å². The Morgan fingerprint density at radius 3 is 2.90 bits per heavy atom. The number of anilines is 1. The third-order valence-electron chi connectivity index (χ3n) is 2.79. The molecule has 1 amide bonds. The lowest BCUT2D eigenvalue weighted by atomic mass is 10.2. The summed E-state index contributed by atoms with van der Waals surface area (Å²) in [7, 11) is 0. The fraction of sp³-hybridized carbons (Fsp3) is 0. The summed E-state index contributed by atoms with van der Waals surface area (Å²) in [5.74, 6) is -0.0641. The van der Waals surface area contributed by atoms with Crippen molar-refractivity contribution in [2.75, 3.05) is 5.32 Å². The topological polar surface area (TPSA) is 116 Å². The summed E-state index contributed by atoms with van der Waals surface area (Å²) < 4.78 is 0. The number of carbonyl (C=O) groups excluding carboxylic acids is 1. The molecule has 0 unspecified atom stereocenters. The van der Waals surface area contributed by atoms with Gasteiger partial charge in [0.05, 0.1) is 0 Å². The molecule has 0 aliphatic carbocycles. The fourth-order valence-corrected chi connectivity index (χ4v) is 1.81. The minimum Gasteiger partial charge on any atom is -0.367 e. The van der Waals surface area contributed by atoms with Crippen LogP contribution in [0.4, 0.5) is 5.69 Å². The Balaban J connectivity index is 1.86. The lowest BCUT2D eigenvalue weighted by Gasteiger charge is -2.05. The maximum absolute atomic E-state index is 12.1. The van der Waals surface area contributed by atoms with E-state index in [2.05, 4.69) is 30.9 Å². The number of hydrogen-bond acceptors (Lipinski definition) is 5. The van der Waals surface area contributed by atoms with E-state index in [-0.39, 0.29) is 11.0 Å². The fourth-order valence-electron chi connectivity index (χ4n) is 1.81. The van der Waals surface area contributed by atoms with Crippen molar-refractivity contribution in [3.63, 3.8) is 0 Å². The smallest absolute Gasteiger partial charge is 0.261 e. The SMILES string of the molecule is O=C(Nc1cccc(-c2nn[nH]n2)c1)c1c[nH]ccc1=O. The molecule has 0 radical (unpaired) electrons. The minimum absolute atomic E-state index is 0.0439. The van der Waals surface area contributed by atoms with E-state index in [4.69, 9.17) is 0 Å². The zero-order valence-electron chi connectivity index (χ0n) is 10.7. The minimum atomic E-state index is -0.484. The molecule has 0 spiro atoms. The average Bonchev–Trinajstić information content (AvgIpc) is 3.02. The van der Waals surface area contributed by atoms with Gasteiger partial charge < -0.3 is 10.3 Å². The van der Waals surface area contributed by atoms with Crippen LogP contribution >= 0.6 is 0 Å². The van der Waals surface area contributed by atoms with E-state index in [1.165, 1.54) is 18.5 Å². The molecule has 2 aromatic heterocycles. The molecule has 1 aromatic carbocycles. The van der Waals surface area contributed by atoms with Gasteiger partial charge in [-0.25, -0.2) is 0 Å². The van der Waals surface area contributed by atoms with Crippen LogP contribution in [-0.4, -0.2) is 31.5 Å². The highest BCUT2D eigenvalue weighted by molar-refractivity contribution is 6.04. The number of nitrogens with one attached hydrogen (secondary N) is 3. The molecule has 0 aliphatic rings. The van der Waals surface area contributed by atoms with Gasteiger partial charge in [-0.3, -0.25) is 9.59 Å². The van der Waals surface area contributed by atoms with Gasteiger partial charge in [0.25, 0.3) is 5.91 Å². The van der Waals surface area contributed by atoms with Gasteiger partial charge in [-0.15, -0.1) is 10.2 Å². The summed E-state index contributed by atoms with van der Waals surface area (Å²) in [6.45, 7) is 0. The number of benzene rings is 1. The van der Waals surface area contributed by atoms with Gasteiger partial charge in [0, 0.05) is 29.7 Å². The second kappa shape index (κ2) is 5.37. The standard InChI is InChI=1S/C13H10N6O2/c20-11-4-5-14-7-10(11)13(21)15-9-3-1-2-8(6-9)12-16-18-19-17-12/h1-7H,(H,14,20)(H,15,21)(H,16,17,18,19). The van der Waals surface area contributed by atoms with Crippen molar-refractivity contribution in [2.45, 2.75) is 0 Å². The summed E-state index contributed by atoms with van der Waals surface area (Å²) >= 11 is 0. The Morgan fingerprint density at radius 1 is 1.24 bits per heavy atom. The summed E-state index contributed by atoms with van der Waals surface area (Å²) in [6, 6.07) is 8.23. The van der Waals surface area contributed by atoms with Crippen LogP contribution in [0.15, 0.2) is 47.5 Å². The Kier molecular flexibility index (Phi) is 3.26. The van der Waals surface area contributed by atoms with Gasteiger partial charge in [-0.05, 0) is 17.3 Å². The molecule has 2 heterocycles. The van der Waals surface area contributed by atoms with Crippen molar-refractivity contribution in [3.8, 4) is 11.4 Å². The number of aromatic amines is 2. The Morgan fingerprint density at radius 2 is 2.14 bits per heavy atom. The summed E-state index contributed by atoms with van der Waals surface area (Å²) in [4.78, 5) is 26.4. The van der Waals surface area contributed by atoms with E-state index in [0.29, 0.717) is 17.1 Å². The van der Waals surface area contributed by atoms with Crippen molar-refractivity contribution < 1.29 is 4.79 Å². The first kappa shape index (κ1) is 12.7. The van der Waals surface area contributed by atoms with Gasteiger partial charge in [0.15, 0.2) is 5.43 Å². The number of aromatic nitrogens is 5. The first-order chi connectivity index (χ1) is 10.2. The van der Waals surface area contributed by atoms with Gasteiger partial charge in [-0.2, -0.15) is 5.21 Å². The number of rotatable bonds is 3. The predicted octanol–water partition coefficient (Wildman–Crippen LogP) is 0.807. The molecule has 3 aromatic rings. The van der Waals surface area contributed by atoms with Gasteiger partial charge in [-0.1, -0.05) is 12.1 Å². The molecule has 0 bridgehead atoms. The van der Waals surface area contributed by atoms with E-state index < -0.39 is 5.91 Å². The Labute approximate surface area is 118 Å². The molecular weight excluding hydrogens is 272 g/mol. The Bertz CT molecular complexity index is 824. The maximum atomic E-state index is 12.1. The van der Waals surface area contributed by atoms with Gasteiger partial charge >= 0.3 is 0 Å². The Hall–Kier alpha value is -3.29. The molecule has 0 saturated heterocycles. The molecule has 8 heteroatoms. The van der Waals surface area contributed by atoms with E-state index in [1.54, 1.807) is 24.3 Å². The van der Waals surface area contributed by atoms with Crippen LogP contribution in [0, 0.1) is 0 Å². The van der Waals surface area contributed by atoms with E-state index in [9.17, 15) is 9.59 Å². The van der Waals surface area contributed by atoms with E-state index in [1.807, 2.05) is 0 Å². The van der Waals surface area contributed by atoms with Crippen molar-refractivity contribution in [1.82, 2.24) is 25.6 Å². The van der Waals surface area contributed by atoms with Crippen LogP contribution in [0.5, 0.6) is 0 Å². The molecule has 0 fully saturated rings. The molecule has 104 valence electrons. The van der Waals surface area contributed by atoms with E-state index in [0.717, 1.165) is 0 Å². The molecule has 0 aliphatic heterocycles. The van der Waals surface area contributed by atoms with Crippen LogP contribution in [0.2, 0.25) is 0 Å². The average molecular weight is 282 g/mol. The number of carbonyl (C=O) groups is 1. The van der Waals surface area contributed by atoms with Crippen LogP contribution in [-0.2, 0) is 0 Å². The van der Waals surface area contributed by atoms with Crippen LogP contribution in [0.3, 0.4) is 0 Å². The lowest BCUT2D eigenvalue weighted by molar-refractivity contribution is 0.102. The van der Waals surface area contributed by atoms with Crippen molar-refractivity contribution >= 4 is 11.6 Å². The first-order valence-electron chi connectivity index (χ1n) is 6.06. The zero-order chi connectivity index (χ0) is 14.7. The van der Waals surface area contributed by atoms with Crippen molar-refractivity contribution in [3.05, 3.63) is 58.5 Å². The first-order valence-corrected chi connectivity index (χ1v) is 6.06. The summed E-state index contributed by atoms with van der Waals surface area (Å²) in [5, 5.41) is 16.2. The second-order valence-electron chi connectivity index (χ2n) is 4.19. The number of nitrogens with zero attached hydrogens (tertiary/aromatic N) is 3. The molecule has 0 atom stereocenters. The number of hydrogen-bond donors (Lipinski definition) is 3. The monoisotopic (exact) mass is 282 g/mol. The summed E-state index contributed by atoms with van der Waals surface area (Å²) in [6.07, 6.45) is 2.83. The quantitative estimate of drug-likeness (QED) is 0.657. The highest BCUT2D eigenvalue weighted by atomic mass is 16.2. The summed E-state index contributed by atoms with van der Waals surface area (Å²) in [5.41, 5.74) is 0.928. The normalized spacial score (nSPS) is 10.3. The van der Waals surface area contributed by atoms with Crippen molar-refractivity contribution in [1.29, 1.82) is 0 Å². The van der Waals surface area contributed by atoms with Gasteiger partial charge in [0.1, 0.15) is 5.56 Å². The molecule has 3 N–H and O–H groups in total. The highest BCUT2D eigenvalue weighted by Gasteiger charge is 2.10. The molecular formula is C13H10N6O2. The molecule has 3 rings (SSSR count). The number of amides is 1.